The number of aromatic nitrogens is 1. The lowest BCUT2D eigenvalue weighted by atomic mass is 9.88. The summed E-state index contributed by atoms with van der Waals surface area (Å²) in [6.07, 6.45) is -2.11. The number of amides is 1. The molecule has 0 saturated carbocycles. The molecule has 1 N–H and O–H groups in total. The number of pyridine rings is 1. The van der Waals surface area contributed by atoms with Gasteiger partial charge in [-0.05, 0) is 30.4 Å². The van der Waals surface area contributed by atoms with E-state index in [0.717, 1.165) is 25.0 Å². The average Bonchev–Trinajstić information content (AvgIpc) is 2.42. The van der Waals surface area contributed by atoms with Gasteiger partial charge in [-0.25, -0.2) is 0 Å². The van der Waals surface area contributed by atoms with Crippen molar-refractivity contribution in [2.24, 2.45) is 5.41 Å². The Morgan fingerprint density at radius 2 is 2.00 bits per heavy atom. The van der Waals surface area contributed by atoms with Gasteiger partial charge in [-0.1, -0.05) is 13.8 Å². The van der Waals surface area contributed by atoms with E-state index in [-0.39, 0.29) is 11.1 Å². The molecule has 1 amide bonds. The SMILES string of the molecule is CC(C)(CCCCl)CNC(=O)c1ccc(C(F)(F)F)cn1. The Balaban J connectivity index is 2.60. The predicted octanol–water partition coefficient (Wildman–Crippen LogP) is 3.88. The van der Waals surface area contributed by atoms with Gasteiger partial charge in [0.1, 0.15) is 5.69 Å². The fourth-order valence-corrected chi connectivity index (χ4v) is 1.87. The molecule has 0 fully saturated rings. The normalized spacial score (nSPS) is 12.3. The van der Waals surface area contributed by atoms with E-state index in [1.54, 1.807) is 0 Å². The van der Waals surface area contributed by atoms with Gasteiger partial charge >= 0.3 is 6.18 Å². The number of hydrogen-bond donors (Lipinski definition) is 1. The molecule has 0 aliphatic rings. The molecule has 0 unspecified atom stereocenters. The van der Waals surface area contributed by atoms with Crippen LogP contribution < -0.4 is 5.32 Å². The molecular formula is C14H18ClF3N2O. The first-order chi connectivity index (χ1) is 9.65. The first kappa shape index (κ1) is 17.8. The highest BCUT2D eigenvalue weighted by molar-refractivity contribution is 6.17. The summed E-state index contributed by atoms with van der Waals surface area (Å²) in [5.74, 6) is 0.0698. The van der Waals surface area contributed by atoms with Crippen molar-refractivity contribution in [1.29, 1.82) is 0 Å². The van der Waals surface area contributed by atoms with Gasteiger partial charge in [0.05, 0.1) is 5.56 Å². The predicted molar refractivity (Wildman–Crippen MR) is 75.3 cm³/mol. The van der Waals surface area contributed by atoms with Crippen LogP contribution in [0.2, 0.25) is 0 Å². The third-order valence-corrected chi connectivity index (χ3v) is 3.31. The lowest BCUT2D eigenvalue weighted by Gasteiger charge is -2.24. The molecule has 1 aromatic rings. The second kappa shape index (κ2) is 7.11. The van der Waals surface area contributed by atoms with Crippen LogP contribution in [0.25, 0.3) is 0 Å². The average molecular weight is 323 g/mol. The molecule has 7 heteroatoms. The summed E-state index contributed by atoms with van der Waals surface area (Å²) in [7, 11) is 0. The van der Waals surface area contributed by atoms with Crippen LogP contribution in [0.5, 0.6) is 0 Å². The van der Waals surface area contributed by atoms with Crippen molar-refractivity contribution in [3.63, 3.8) is 0 Å². The summed E-state index contributed by atoms with van der Waals surface area (Å²) in [5, 5.41) is 2.68. The lowest BCUT2D eigenvalue weighted by Crippen LogP contribution is -2.34. The van der Waals surface area contributed by atoms with Gasteiger partial charge in [0.25, 0.3) is 5.91 Å². The Morgan fingerprint density at radius 1 is 1.33 bits per heavy atom. The number of nitrogens with zero attached hydrogens (tertiary/aromatic N) is 1. The maximum Gasteiger partial charge on any atom is 0.417 e. The zero-order chi connectivity index (χ0) is 16.1. The first-order valence-corrected chi connectivity index (χ1v) is 7.06. The first-order valence-electron chi connectivity index (χ1n) is 6.53. The number of hydrogen-bond acceptors (Lipinski definition) is 2. The van der Waals surface area contributed by atoms with Gasteiger partial charge < -0.3 is 5.32 Å². The van der Waals surface area contributed by atoms with Crippen molar-refractivity contribution in [1.82, 2.24) is 10.3 Å². The van der Waals surface area contributed by atoms with E-state index in [4.69, 9.17) is 11.6 Å². The quantitative estimate of drug-likeness (QED) is 0.808. The second-order valence-electron chi connectivity index (χ2n) is 5.57. The third-order valence-electron chi connectivity index (χ3n) is 3.04. The smallest absolute Gasteiger partial charge is 0.350 e. The number of carbonyl (C=O) groups excluding carboxylic acids is 1. The van der Waals surface area contributed by atoms with Crippen molar-refractivity contribution in [3.8, 4) is 0 Å². The van der Waals surface area contributed by atoms with Crippen LogP contribution in [0.1, 0.15) is 42.7 Å². The molecule has 0 bridgehead atoms. The van der Waals surface area contributed by atoms with E-state index < -0.39 is 17.6 Å². The van der Waals surface area contributed by atoms with E-state index in [1.165, 1.54) is 0 Å². The number of rotatable bonds is 6. The van der Waals surface area contributed by atoms with Gasteiger partial charge in [0.2, 0.25) is 0 Å². The minimum Gasteiger partial charge on any atom is -0.350 e. The Kier molecular flexibility index (Phi) is 6.01. The minimum absolute atomic E-state index is 0.0313. The van der Waals surface area contributed by atoms with Crippen molar-refractivity contribution in [2.75, 3.05) is 12.4 Å². The molecule has 0 aromatic carbocycles. The van der Waals surface area contributed by atoms with Gasteiger partial charge in [0.15, 0.2) is 0 Å². The zero-order valence-electron chi connectivity index (χ0n) is 11.9. The molecule has 0 aliphatic heterocycles. The molecule has 0 atom stereocenters. The molecule has 0 aliphatic carbocycles. The molecule has 0 spiro atoms. The largest absolute Gasteiger partial charge is 0.417 e. The molecule has 1 heterocycles. The maximum absolute atomic E-state index is 12.4. The van der Waals surface area contributed by atoms with Crippen LogP contribution in [-0.4, -0.2) is 23.3 Å². The Hall–Kier alpha value is -1.30. The lowest BCUT2D eigenvalue weighted by molar-refractivity contribution is -0.137. The second-order valence-corrected chi connectivity index (χ2v) is 5.95. The number of halogens is 4. The van der Waals surface area contributed by atoms with E-state index in [2.05, 4.69) is 10.3 Å². The maximum atomic E-state index is 12.4. The Labute approximate surface area is 126 Å². The van der Waals surface area contributed by atoms with Crippen LogP contribution in [0, 0.1) is 5.41 Å². The van der Waals surface area contributed by atoms with E-state index >= 15 is 0 Å². The highest BCUT2D eigenvalue weighted by atomic mass is 35.5. The van der Waals surface area contributed by atoms with Gasteiger partial charge in [-0.3, -0.25) is 9.78 Å². The topological polar surface area (TPSA) is 42.0 Å². The van der Waals surface area contributed by atoms with Crippen LogP contribution in [0.15, 0.2) is 18.3 Å². The molecule has 21 heavy (non-hydrogen) atoms. The monoisotopic (exact) mass is 322 g/mol. The van der Waals surface area contributed by atoms with Crippen molar-refractivity contribution < 1.29 is 18.0 Å². The zero-order valence-corrected chi connectivity index (χ0v) is 12.7. The van der Waals surface area contributed by atoms with Crippen molar-refractivity contribution in [3.05, 3.63) is 29.6 Å². The molecular weight excluding hydrogens is 305 g/mol. The molecule has 1 aromatic heterocycles. The summed E-state index contributed by atoms with van der Waals surface area (Å²) in [6.45, 7) is 4.38. The molecule has 1 rings (SSSR count). The van der Waals surface area contributed by atoms with Gasteiger partial charge in [-0.15, -0.1) is 11.6 Å². The van der Waals surface area contributed by atoms with E-state index in [1.807, 2.05) is 13.8 Å². The Morgan fingerprint density at radius 3 is 2.48 bits per heavy atom. The van der Waals surface area contributed by atoms with Crippen LogP contribution in [0.4, 0.5) is 13.2 Å². The number of carbonyl (C=O) groups is 1. The summed E-state index contributed by atoms with van der Waals surface area (Å²) < 4.78 is 37.2. The summed E-state index contributed by atoms with van der Waals surface area (Å²) in [4.78, 5) is 15.4. The fourth-order valence-electron chi connectivity index (χ4n) is 1.74. The molecule has 118 valence electrons. The van der Waals surface area contributed by atoms with Crippen LogP contribution in [0.3, 0.4) is 0 Å². The fraction of sp³-hybridized carbons (Fsp3) is 0.571. The van der Waals surface area contributed by atoms with E-state index in [9.17, 15) is 18.0 Å². The summed E-state index contributed by atoms with van der Waals surface area (Å²) in [6, 6.07) is 1.92. The molecule has 0 saturated heterocycles. The molecule has 3 nitrogen and oxygen atoms in total. The minimum atomic E-state index is -4.45. The molecule has 0 radical (unpaired) electrons. The van der Waals surface area contributed by atoms with Crippen molar-refractivity contribution >= 4 is 17.5 Å². The van der Waals surface area contributed by atoms with Gasteiger partial charge in [-0.2, -0.15) is 13.2 Å². The standard InChI is InChI=1S/C14H18ClF3N2O/c1-13(2,6-3-7-15)9-20-12(21)11-5-4-10(8-19-11)14(16,17)18/h4-5,8H,3,6-7,9H2,1-2H3,(H,20,21). The summed E-state index contributed by atoms with van der Waals surface area (Å²) >= 11 is 5.63. The van der Waals surface area contributed by atoms with E-state index in [0.29, 0.717) is 18.6 Å². The summed E-state index contributed by atoms with van der Waals surface area (Å²) in [5.41, 5.74) is -1.03. The van der Waals surface area contributed by atoms with Crippen LogP contribution >= 0.6 is 11.6 Å². The van der Waals surface area contributed by atoms with Gasteiger partial charge in [0, 0.05) is 18.6 Å². The van der Waals surface area contributed by atoms with Crippen LogP contribution in [-0.2, 0) is 6.18 Å². The highest BCUT2D eigenvalue weighted by Gasteiger charge is 2.31. The highest BCUT2D eigenvalue weighted by Crippen LogP contribution is 2.28. The van der Waals surface area contributed by atoms with Crippen molar-refractivity contribution in [2.45, 2.75) is 32.9 Å². The number of nitrogens with one attached hydrogen (secondary N) is 1. The third kappa shape index (κ3) is 5.91. The Bertz CT molecular complexity index is 472. The number of alkyl halides is 4.